The van der Waals surface area contributed by atoms with E-state index < -0.39 is 23.5 Å². The van der Waals surface area contributed by atoms with Gasteiger partial charge in [0.05, 0.1) is 0 Å². The molecule has 0 aliphatic heterocycles. The maximum Gasteiger partial charge on any atom is -0.109 e. The molecule has 5 aromatic carbocycles. The van der Waals surface area contributed by atoms with Gasteiger partial charge in [-0.15, -0.1) is 46.2 Å². The molecule has 0 atom stereocenters. The largest absolute Gasteiger partial charge is 0.273 e. The fraction of sp³-hybridized carbons (Fsp3) is 0.388. The van der Waals surface area contributed by atoms with Crippen LogP contribution in [0.5, 0.6) is 0 Å². The van der Waals surface area contributed by atoms with Crippen molar-refractivity contribution < 1.29 is 50.6 Å². The number of fused-ring (bicyclic) bond motifs is 3. The topological polar surface area (TPSA) is 0 Å². The molecule has 0 saturated heterocycles. The average Bonchev–Trinajstić information content (AvgIpc) is 3.77. The van der Waals surface area contributed by atoms with Crippen LogP contribution >= 0.6 is 0 Å². The molecular weight excluding hydrogens is 794 g/mol. The second kappa shape index (κ2) is 16.4. The third kappa shape index (κ3) is 11.1. The maximum atomic E-state index is 12.7. The van der Waals surface area contributed by atoms with E-state index >= 15 is 0 Å². The molecule has 0 fully saturated rings. The standard InChI is InChI=1S/C29H41.C15H8F6.C5H5.Zr/c1-26(2,3)22-14-18-13-19-15-23(27(4,5)6)25(29(10,11)12)17-21(19)20(18)16-24(22)28(7,8)9;16-14(17,18)12-5-1-3-10(8-12)7-11-4-2-6-13(9-11)15(19,20)21;1-2-4-5-3-1;/h13-17H,1-12H3;1-6,8-9H;1-3H,4H2;/q-1;;-1;+2. The molecular formula is C49H54F6Zr. The van der Waals surface area contributed by atoms with E-state index in [2.05, 4.69) is 126 Å². The summed E-state index contributed by atoms with van der Waals surface area (Å²) in [5.41, 5.74) is 5.30. The summed E-state index contributed by atoms with van der Waals surface area (Å²) in [5, 5.41) is 5.57. The van der Waals surface area contributed by atoms with Crippen LogP contribution in [0.2, 0.25) is 0 Å². The minimum atomic E-state index is -4.49. The zero-order valence-electron chi connectivity index (χ0n) is 34.7. The summed E-state index contributed by atoms with van der Waals surface area (Å²) >= 11 is 0.729. The van der Waals surface area contributed by atoms with Crippen molar-refractivity contribution in [3.63, 3.8) is 0 Å². The zero-order chi connectivity index (χ0) is 42.2. The Hall–Kier alpha value is -3.44. The number of alkyl halides is 6. The van der Waals surface area contributed by atoms with Gasteiger partial charge >= 0.3 is 137 Å². The minimum Gasteiger partial charge on any atom is -0.273 e. The average molecular weight is 848 g/mol. The van der Waals surface area contributed by atoms with Crippen LogP contribution in [0.4, 0.5) is 26.3 Å². The molecule has 296 valence electrons. The van der Waals surface area contributed by atoms with Crippen LogP contribution in [0.15, 0.2) is 97.1 Å². The van der Waals surface area contributed by atoms with Gasteiger partial charge in [0.25, 0.3) is 0 Å². The third-order valence-electron chi connectivity index (χ3n) is 9.76. The van der Waals surface area contributed by atoms with Crippen LogP contribution in [0.3, 0.4) is 0 Å². The Morgan fingerprint density at radius 3 is 1.16 bits per heavy atom. The Morgan fingerprint density at radius 2 is 0.893 bits per heavy atom. The second-order valence-electron chi connectivity index (χ2n) is 18.6. The van der Waals surface area contributed by atoms with Crippen molar-refractivity contribution in [2.75, 3.05) is 0 Å². The summed E-state index contributed by atoms with van der Waals surface area (Å²) in [4.78, 5) is 0. The van der Waals surface area contributed by atoms with Crippen molar-refractivity contribution in [1.29, 1.82) is 0 Å². The minimum absolute atomic E-state index is 0.124. The normalized spacial score (nSPS) is 13.8. The van der Waals surface area contributed by atoms with Crippen LogP contribution in [-0.4, -0.2) is 3.21 Å². The predicted octanol–water partition coefficient (Wildman–Crippen LogP) is 15.0. The Morgan fingerprint density at radius 1 is 0.536 bits per heavy atom. The Labute approximate surface area is 344 Å². The summed E-state index contributed by atoms with van der Waals surface area (Å²) in [5.74, 6) is 0. The van der Waals surface area contributed by atoms with E-state index in [-0.39, 0.29) is 32.8 Å². The molecule has 0 saturated carbocycles. The molecule has 0 amide bonds. The summed E-state index contributed by atoms with van der Waals surface area (Å²) < 4.78 is 76.7. The first kappa shape index (κ1) is 45.3. The van der Waals surface area contributed by atoms with E-state index in [0.717, 1.165) is 54.9 Å². The quantitative estimate of drug-likeness (QED) is 0.123. The first-order valence-corrected chi connectivity index (χ1v) is 20.1. The molecule has 0 spiro atoms. The summed E-state index contributed by atoms with van der Waals surface area (Å²) in [6, 6.07) is 21.5. The van der Waals surface area contributed by atoms with E-state index in [9.17, 15) is 26.3 Å². The molecule has 56 heavy (non-hydrogen) atoms. The summed E-state index contributed by atoms with van der Waals surface area (Å²) in [6.07, 6.45) is 1.03. The van der Waals surface area contributed by atoms with E-state index in [1.807, 2.05) is 12.2 Å². The molecule has 0 unspecified atom stereocenters. The van der Waals surface area contributed by atoms with Gasteiger partial charge in [-0.3, -0.25) is 6.08 Å². The Bertz CT molecular complexity index is 2090. The molecule has 7 heteroatoms. The van der Waals surface area contributed by atoms with E-state index in [0.29, 0.717) is 3.21 Å². The van der Waals surface area contributed by atoms with Crippen LogP contribution in [0.1, 0.15) is 134 Å². The number of allylic oxidation sites excluding steroid dienone is 4. The van der Waals surface area contributed by atoms with E-state index in [1.54, 1.807) is 0 Å². The smallest absolute Gasteiger partial charge is 0.109 e. The van der Waals surface area contributed by atoms with Crippen molar-refractivity contribution in [3.8, 4) is 0 Å². The first-order valence-electron chi connectivity index (χ1n) is 18.9. The van der Waals surface area contributed by atoms with Gasteiger partial charge < -0.3 is 0 Å². The van der Waals surface area contributed by atoms with Gasteiger partial charge in [0.15, 0.2) is 0 Å². The van der Waals surface area contributed by atoms with Crippen LogP contribution in [-0.2, 0) is 58.2 Å². The van der Waals surface area contributed by atoms with Crippen molar-refractivity contribution in [2.24, 2.45) is 0 Å². The first-order chi connectivity index (χ1) is 25.5. The maximum absolute atomic E-state index is 12.7. The monoisotopic (exact) mass is 846 g/mol. The van der Waals surface area contributed by atoms with Gasteiger partial charge in [0.2, 0.25) is 0 Å². The van der Waals surface area contributed by atoms with Gasteiger partial charge in [0.1, 0.15) is 0 Å². The SMILES string of the molecule is CC(C)(C)c1cc2[cH-]c3cc(C(C)(C)C)c(C(C)(C)C)cc3c2cc1C(C)(C)C.FC(F)(F)c1cccc([C](=[Zr+2])c2cccc(C(F)(F)F)c2)c1.[C-]1=CC=CC1. The zero-order valence-corrected chi connectivity index (χ0v) is 37.2. The van der Waals surface area contributed by atoms with Crippen molar-refractivity contribution >= 4 is 24.8 Å². The van der Waals surface area contributed by atoms with Crippen molar-refractivity contribution in [3.05, 3.63) is 148 Å². The number of rotatable bonds is 2. The van der Waals surface area contributed by atoms with Crippen LogP contribution in [0, 0.1) is 6.08 Å². The molecule has 0 nitrogen and oxygen atoms in total. The molecule has 0 heterocycles. The van der Waals surface area contributed by atoms with Gasteiger partial charge in [-0.25, -0.2) is 12.2 Å². The van der Waals surface area contributed by atoms with Crippen molar-refractivity contribution in [1.82, 2.24) is 0 Å². The Kier molecular flexibility index (Phi) is 13.3. The van der Waals surface area contributed by atoms with Crippen molar-refractivity contribution in [2.45, 2.75) is 124 Å². The molecule has 1 aliphatic rings. The molecule has 0 radical (unpaired) electrons. The fourth-order valence-corrected chi connectivity index (χ4v) is 7.56. The van der Waals surface area contributed by atoms with Crippen LogP contribution < -0.4 is 0 Å². The molecule has 0 N–H and O–H groups in total. The number of hydrogen-bond donors (Lipinski definition) is 0. The fourth-order valence-electron chi connectivity index (χ4n) is 6.80. The Balaban J connectivity index is 0.000000227. The third-order valence-corrected chi connectivity index (χ3v) is 11.2. The molecule has 6 rings (SSSR count). The predicted molar refractivity (Wildman–Crippen MR) is 220 cm³/mol. The van der Waals surface area contributed by atoms with Gasteiger partial charge in [-0.1, -0.05) is 117 Å². The summed E-state index contributed by atoms with van der Waals surface area (Å²) in [7, 11) is 0. The van der Waals surface area contributed by atoms with Crippen LogP contribution in [0.25, 0.3) is 21.5 Å². The molecule has 0 aromatic heterocycles. The summed E-state index contributed by atoms with van der Waals surface area (Å²) in [6.45, 7) is 28.0. The van der Waals surface area contributed by atoms with Gasteiger partial charge in [0, 0.05) is 0 Å². The number of benzene rings is 4. The molecule has 5 aromatic rings. The molecule has 1 aliphatic carbocycles. The van der Waals surface area contributed by atoms with Gasteiger partial charge in [-0.05, 0) is 21.7 Å². The van der Waals surface area contributed by atoms with E-state index in [1.165, 1.54) is 68.1 Å². The van der Waals surface area contributed by atoms with Gasteiger partial charge in [-0.2, -0.15) is 6.08 Å². The second-order valence-corrected chi connectivity index (χ2v) is 19.9. The number of hydrogen-bond acceptors (Lipinski definition) is 0. The molecule has 0 bridgehead atoms. The number of halogens is 6. The van der Waals surface area contributed by atoms with E-state index in [4.69, 9.17) is 0 Å².